The summed E-state index contributed by atoms with van der Waals surface area (Å²) in [5.74, 6) is -0.562. The quantitative estimate of drug-likeness (QED) is 0.579. The molecule has 18 heavy (non-hydrogen) atoms. The molecule has 0 aromatic rings. The Morgan fingerprint density at radius 3 is 2.78 bits per heavy atom. The summed E-state index contributed by atoms with van der Waals surface area (Å²) in [5.41, 5.74) is 10.1. The number of aliphatic imine (C=N–C) groups is 3. The largest absolute Gasteiger partial charge is 0.345 e. The van der Waals surface area contributed by atoms with Crippen molar-refractivity contribution in [1.82, 2.24) is 5.32 Å². The normalized spacial score (nSPS) is 27.5. The second-order valence-electron chi connectivity index (χ2n) is 4.53. The average molecular weight is 250 g/mol. The van der Waals surface area contributed by atoms with Gasteiger partial charge in [0.15, 0.2) is 17.3 Å². The Bertz CT molecular complexity index is 506. The number of ketones is 1. The molecule has 5 N–H and O–H groups in total. The van der Waals surface area contributed by atoms with Gasteiger partial charge in [0.05, 0.1) is 6.04 Å². The lowest BCUT2D eigenvalue weighted by Gasteiger charge is -2.33. The van der Waals surface area contributed by atoms with E-state index in [2.05, 4.69) is 20.3 Å². The van der Waals surface area contributed by atoms with Gasteiger partial charge in [0.1, 0.15) is 12.1 Å². The summed E-state index contributed by atoms with van der Waals surface area (Å²) >= 11 is 0. The lowest BCUT2D eigenvalue weighted by Crippen LogP contribution is -2.72. The standard InChI is InChI=1S/C10H14N6O2/c1-4(2)5(11)7(17)10(12)6-8(14-3-13-6)15-9(18)16-10/h3-5H,11-12H2,1-2H3,(H,16,18). The number of carbonyl (C=O) groups excluding carboxylic acids is 2. The zero-order chi connectivity index (χ0) is 13.5. The van der Waals surface area contributed by atoms with E-state index in [1.165, 1.54) is 6.34 Å². The SMILES string of the molecule is CC(C)C(N)C(=O)C1(N)NC(=O)N=C2N=CN=C21. The third-order valence-corrected chi connectivity index (χ3v) is 2.87. The highest BCUT2D eigenvalue weighted by Gasteiger charge is 2.49. The van der Waals surface area contributed by atoms with Gasteiger partial charge < -0.3 is 11.1 Å². The van der Waals surface area contributed by atoms with E-state index < -0.39 is 23.5 Å². The molecule has 2 unspecified atom stereocenters. The van der Waals surface area contributed by atoms with Crippen LogP contribution in [0.3, 0.4) is 0 Å². The Balaban J connectivity index is 2.40. The van der Waals surface area contributed by atoms with Gasteiger partial charge in [-0.2, -0.15) is 4.99 Å². The molecule has 0 radical (unpaired) electrons. The van der Waals surface area contributed by atoms with Gasteiger partial charge in [0.2, 0.25) is 0 Å². The highest BCUT2D eigenvalue weighted by atomic mass is 16.2. The molecular formula is C10H14N6O2. The summed E-state index contributed by atoms with van der Waals surface area (Å²) in [6, 6.07) is -1.53. The van der Waals surface area contributed by atoms with E-state index >= 15 is 0 Å². The second-order valence-corrected chi connectivity index (χ2v) is 4.53. The molecule has 0 saturated heterocycles. The Morgan fingerprint density at radius 1 is 1.50 bits per heavy atom. The van der Waals surface area contributed by atoms with Gasteiger partial charge in [-0.1, -0.05) is 13.8 Å². The van der Waals surface area contributed by atoms with E-state index in [1.807, 2.05) is 0 Å². The molecule has 2 rings (SSSR count). The van der Waals surface area contributed by atoms with Crippen LogP contribution in [0.4, 0.5) is 4.79 Å². The van der Waals surface area contributed by atoms with Crippen LogP contribution in [0.2, 0.25) is 0 Å². The van der Waals surface area contributed by atoms with Gasteiger partial charge in [-0.15, -0.1) is 0 Å². The van der Waals surface area contributed by atoms with Crippen LogP contribution in [-0.4, -0.2) is 41.4 Å². The summed E-state index contributed by atoms with van der Waals surface area (Å²) in [6.07, 6.45) is 1.20. The number of urea groups is 1. The van der Waals surface area contributed by atoms with Gasteiger partial charge >= 0.3 is 6.03 Å². The first kappa shape index (κ1) is 12.5. The zero-order valence-electron chi connectivity index (χ0n) is 10.0. The molecule has 0 aromatic carbocycles. The van der Waals surface area contributed by atoms with Gasteiger partial charge in [-0.05, 0) is 5.92 Å². The molecule has 0 spiro atoms. The van der Waals surface area contributed by atoms with E-state index in [0.717, 1.165) is 0 Å². The summed E-state index contributed by atoms with van der Waals surface area (Å²) in [6.45, 7) is 3.58. The molecule has 0 aromatic heterocycles. The molecule has 0 saturated carbocycles. The molecule has 2 aliphatic heterocycles. The predicted octanol–water partition coefficient (Wildman–Crippen LogP) is -1.20. The highest BCUT2D eigenvalue weighted by molar-refractivity contribution is 6.55. The maximum absolute atomic E-state index is 12.3. The first-order valence-corrected chi connectivity index (χ1v) is 5.47. The lowest BCUT2D eigenvalue weighted by molar-refractivity contribution is -0.124. The van der Waals surface area contributed by atoms with Crippen LogP contribution in [0.1, 0.15) is 13.8 Å². The summed E-state index contributed by atoms with van der Waals surface area (Å²) in [4.78, 5) is 35.0. The number of hydrogen-bond acceptors (Lipinski definition) is 6. The van der Waals surface area contributed by atoms with Crippen molar-refractivity contribution in [2.45, 2.75) is 25.6 Å². The summed E-state index contributed by atoms with van der Waals surface area (Å²) in [7, 11) is 0. The molecule has 2 aliphatic rings. The van der Waals surface area contributed by atoms with Gasteiger partial charge in [0, 0.05) is 0 Å². The Hall–Kier alpha value is -1.93. The highest BCUT2D eigenvalue weighted by Crippen LogP contribution is 2.17. The number of amidine groups is 1. The number of rotatable bonds is 3. The lowest BCUT2D eigenvalue weighted by atomic mass is 9.88. The minimum Gasteiger partial charge on any atom is -0.321 e. The Kier molecular flexibility index (Phi) is 2.83. The van der Waals surface area contributed by atoms with Crippen molar-refractivity contribution in [3.63, 3.8) is 0 Å². The smallest absolute Gasteiger partial charge is 0.321 e. The molecule has 8 nitrogen and oxygen atoms in total. The molecular weight excluding hydrogens is 236 g/mol. The second kappa shape index (κ2) is 4.07. The van der Waals surface area contributed by atoms with Crippen LogP contribution in [0.5, 0.6) is 0 Å². The minimum atomic E-state index is -1.76. The van der Waals surface area contributed by atoms with E-state index in [4.69, 9.17) is 11.5 Å². The molecule has 0 aliphatic carbocycles. The third-order valence-electron chi connectivity index (χ3n) is 2.87. The number of carbonyl (C=O) groups is 2. The Morgan fingerprint density at radius 2 is 2.17 bits per heavy atom. The Labute approximate surface area is 103 Å². The van der Waals surface area contributed by atoms with Crippen molar-refractivity contribution in [2.75, 3.05) is 0 Å². The van der Waals surface area contributed by atoms with Gasteiger partial charge in [-0.25, -0.2) is 14.8 Å². The van der Waals surface area contributed by atoms with Crippen LogP contribution in [-0.2, 0) is 4.79 Å². The molecule has 2 amide bonds. The first-order valence-electron chi connectivity index (χ1n) is 5.47. The van der Waals surface area contributed by atoms with E-state index in [0.29, 0.717) is 0 Å². The van der Waals surface area contributed by atoms with Crippen molar-refractivity contribution in [3.05, 3.63) is 0 Å². The fraction of sp³-hybridized carbons (Fsp3) is 0.500. The van der Waals surface area contributed by atoms with Crippen LogP contribution < -0.4 is 16.8 Å². The van der Waals surface area contributed by atoms with Crippen molar-refractivity contribution >= 4 is 29.7 Å². The van der Waals surface area contributed by atoms with E-state index in [9.17, 15) is 9.59 Å². The number of Topliss-reactive ketones (excluding diaryl/α,β-unsaturated/α-hetero) is 1. The fourth-order valence-electron chi connectivity index (χ4n) is 1.72. The maximum atomic E-state index is 12.3. The summed E-state index contributed by atoms with van der Waals surface area (Å²) in [5, 5.41) is 2.31. The molecule has 96 valence electrons. The number of nitrogens with one attached hydrogen (secondary N) is 1. The van der Waals surface area contributed by atoms with Crippen molar-refractivity contribution < 1.29 is 9.59 Å². The average Bonchev–Trinajstić information content (AvgIpc) is 2.75. The monoisotopic (exact) mass is 250 g/mol. The predicted molar refractivity (Wildman–Crippen MR) is 66.6 cm³/mol. The summed E-state index contributed by atoms with van der Waals surface area (Å²) < 4.78 is 0. The molecule has 2 atom stereocenters. The molecule has 2 heterocycles. The fourth-order valence-corrected chi connectivity index (χ4v) is 1.72. The van der Waals surface area contributed by atoms with E-state index in [1.54, 1.807) is 13.8 Å². The third kappa shape index (κ3) is 1.75. The van der Waals surface area contributed by atoms with Crippen LogP contribution in [0, 0.1) is 5.92 Å². The number of nitrogens with two attached hydrogens (primary N) is 2. The maximum Gasteiger partial charge on any atom is 0.345 e. The number of fused-ring (bicyclic) bond motifs is 1. The molecule has 0 bridgehead atoms. The zero-order valence-corrected chi connectivity index (χ0v) is 10.0. The molecule has 0 fully saturated rings. The van der Waals surface area contributed by atoms with Crippen molar-refractivity contribution in [3.8, 4) is 0 Å². The number of hydrogen-bond donors (Lipinski definition) is 3. The topological polar surface area (TPSA) is 135 Å². The van der Waals surface area contributed by atoms with Crippen LogP contribution >= 0.6 is 0 Å². The number of nitrogens with zero attached hydrogens (tertiary/aromatic N) is 3. The number of amides is 2. The van der Waals surface area contributed by atoms with Crippen molar-refractivity contribution in [1.29, 1.82) is 0 Å². The van der Waals surface area contributed by atoms with Gasteiger partial charge in [-0.3, -0.25) is 10.5 Å². The van der Waals surface area contributed by atoms with Gasteiger partial charge in [0.25, 0.3) is 0 Å². The molecule has 8 heteroatoms. The minimum absolute atomic E-state index is 0.0607. The van der Waals surface area contributed by atoms with E-state index in [-0.39, 0.29) is 17.5 Å². The first-order chi connectivity index (χ1) is 8.36. The van der Waals surface area contributed by atoms with Crippen LogP contribution in [0.15, 0.2) is 15.0 Å². The van der Waals surface area contributed by atoms with Crippen molar-refractivity contribution in [2.24, 2.45) is 32.4 Å². The van der Waals surface area contributed by atoms with Crippen LogP contribution in [0.25, 0.3) is 0 Å².